The first-order chi connectivity index (χ1) is 5.81. The van der Waals surface area contributed by atoms with Crippen LogP contribution < -0.4 is 0 Å². The topological polar surface area (TPSA) is 18.5 Å². The molecule has 0 saturated carbocycles. The maximum Gasteiger partial charge on any atom is 0.131 e. The summed E-state index contributed by atoms with van der Waals surface area (Å²) in [5, 5.41) is 0. The second-order valence-electron chi connectivity index (χ2n) is 2.34. The summed E-state index contributed by atoms with van der Waals surface area (Å²) in [5.41, 5.74) is -0.154. The van der Waals surface area contributed by atoms with Crippen molar-refractivity contribution in [2.75, 3.05) is 24.2 Å². The molecule has 0 aromatic carbocycles. The van der Waals surface area contributed by atoms with E-state index in [1.807, 2.05) is 6.92 Å². The molecule has 1 atom stereocenters. The summed E-state index contributed by atoms with van der Waals surface area (Å²) in [6, 6.07) is 0. The number of hydrogen-bond donors (Lipinski definition) is 0. The minimum atomic E-state index is -0.154. The molecule has 0 unspecified atom stereocenters. The predicted octanol–water partition coefficient (Wildman–Crippen LogP) is 2.82. The van der Waals surface area contributed by atoms with Crippen LogP contribution in [0, 0.1) is 0 Å². The van der Waals surface area contributed by atoms with Gasteiger partial charge in [-0.1, -0.05) is 41.1 Å². The van der Waals surface area contributed by atoms with Crippen molar-refractivity contribution in [3.05, 3.63) is 0 Å². The highest BCUT2D eigenvalue weighted by Gasteiger charge is 1.98. The van der Waals surface area contributed by atoms with E-state index >= 15 is 0 Å². The quantitative estimate of drug-likeness (QED) is 0.390. The molecule has 0 radical (unpaired) electrons. The molecule has 0 bridgehead atoms. The summed E-state index contributed by atoms with van der Waals surface area (Å²) in [7, 11) is 0. The van der Waals surface area contributed by atoms with Crippen LogP contribution in [0.4, 0.5) is 0 Å². The molecule has 0 heterocycles. The second kappa shape index (κ2) is 10.0. The second-order valence-corrected chi connectivity index (χ2v) is 3.91. The molecule has 0 saturated heterocycles. The monoisotopic (exact) mass is 306 g/mol. The first-order valence-corrected chi connectivity index (χ1v) is 6.16. The lowest BCUT2D eigenvalue weighted by atomic mass is 10.5. The zero-order valence-electron chi connectivity index (χ0n) is 7.39. The Morgan fingerprint density at radius 2 is 2.08 bits per heavy atom. The highest BCUT2D eigenvalue weighted by molar-refractivity contribution is 14.1. The number of halogens is 2. The van der Waals surface area contributed by atoms with Crippen LogP contribution in [0.3, 0.4) is 0 Å². The van der Waals surface area contributed by atoms with Gasteiger partial charge in [-0.05, 0) is 12.8 Å². The molecule has 74 valence electrons. The maximum atomic E-state index is 5.73. The third-order valence-electron chi connectivity index (χ3n) is 1.27. The maximum absolute atomic E-state index is 5.73. The van der Waals surface area contributed by atoms with Crippen LogP contribution in [0.25, 0.3) is 0 Å². The Morgan fingerprint density at radius 3 is 2.67 bits per heavy atom. The first-order valence-electron chi connectivity index (χ1n) is 4.20. The molecule has 0 aromatic rings. The van der Waals surface area contributed by atoms with E-state index in [1.165, 1.54) is 0 Å². The molecule has 0 spiro atoms. The molecule has 0 fully saturated rings. The van der Waals surface area contributed by atoms with Crippen LogP contribution in [0.2, 0.25) is 0 Å². The van der Waals surface area contributed by atoms with Gasteiger partial charge in [0.15, 0.2) is 0 Å². The third-order valence-corrected chi connectivity index (χ3v) is 2.47. The highest BCUT2D eigenvalue weighted by atomic mass is 127. The number of ether oxygens (including phenoxy) is 2. The largest absolute Gasteiger partial charge is 0.379 e. The van der Waals surface area contributed by atoms with Crippen molar-refractivity contribution in [1.82, 2.24) is 0 Å². The van der Waals surface area contributed by atoms with Crippen molar-refractivity contribution in [2.24, 2.45) is 0 Å². The van der Waals surface area contributed by atoms with Gasteiger partial charge in [0.05, 0.1) is 13.2 Å². The highest BCUT2D eigenvalue weighted by Crippen LogP contribution is 2.01. The number of hydrogen-bond acceptors (Lipinski definition) is 2. The van der Waals surface area contributed by atoms with Gasteiger partial charge in [0.1, 0.15) is 5.56 Å². The molecule has 0 rings (SSSR count). The van der Waals surface area contributed by atoms with Crippen molar-refractivity contribution in [2.45, 2.75) is 25.3 Å². The Labute approximate surface area is 93.1 Å². The van der Waals surface area contributed by atoms with Crippen molar-refractivity contribution in [1.29, 1.82) is 0 Å². The molecule has 12 heavy (non-hydrogen) atoms. The van der Waals surface area contributed by atoms with E-state index < -0.39 is 0 Å². The summed E-state index contributed by atoms with van der Waals surface area (Å²) >= 11 is 8.06. The van der Waals surface area contributed by atoms with Gasteiger partial charge in [0.25, 0.3) is 0 Å². The SMILES string of the molecule is CC[C@H](Cl)OCCOCCCI. The summed E-state index contributed by atoms with van der Waals surface area (Å²) < 4.78 is 11.6. The van der Waals surface area contributed by atoms with E-state index in [9.17, 15) is 0 Å². The first kappa shape index (κ1) is 12.9. The molecule has 0 aliphatic rings. The molecular formula is C8H16ClIO2. The van der Waals surface area contributed by atoms with Gasteiger partial charge in [-0.2, -0.15) is 0 Å². The van der Waals surface area contributed by atoms with Gasteiger partial charge in [0, 0.05) is 11.0 Å². The lowest BCUT2D eigenvalue weighted by Gasteiger charge is -2.08. The fourth-order valence-electron chi connectivity index (χ4n) is 0.611. The summed E-state index contributed by atoms with van der Waals surface area (Å²) in [5.74, 6) is 0. The minimum absolute atomic E-state index is 0.154. The summed E-state index contributed by atoms with van der Waals surface area (Å²) in [6.45, 7) is 4.07. The van der Waals surface area contributed by atoms with Crippen LogP contribution in [0.1, 0.15) is 19.8 Å². The standard InChI is InChI=1S/C8H16ClIO2/c1-2-8(9)12-7-6-11-5-3-4-10/h8H,2-7H2,1H3/t8-/m1/s1. The predicted molar refractivity (Wildman–Crippen MR) is 60.2 cm³/mol. The Hall–Kier alpha value is 0.940. The molecule has 0 amide bonds. The average molecular weight is 307 g/mol. The van der Waals surface area contributed by atoms with Gasteiger partial charge in [0.2, 0.25) is 0 Å². The van der Waals surface area contributed by atoms with Gasteiger partial charge in [-0.15, -0.1) is 0 Å². The van der Waals surface area contributed by atoms with Crippen molar-refractivity contribution in [3.8, 4) is 0 Å². The van der Waals surface area contributed by atoms with E-state index in [0.717, 1.165) is 23.9 Å². The van der Waals surface area contributed by atoms with Crippen LogP contribution in [-0.4, -0.2) is 29.8 Å². The molecule has 0 aliphatic carbocycles. The van der Waals surface area contributed by atoms with Crippen LogP contribution in [0.15, 0.2) is 0 Å². The minimum Gasteiger partial charge on any atom is -0.379 e. The normalized spacial score (nSPS) is 13.2. The average Bonchev–Trinajstić information content (AvgIpc) is 2.10. The molecule has 2 nitrogen and oxygen atoms in total. The molecule has 0 aromatic heterocycles. The Balaban J connectivity index is 2.90. The smallest absolute Gasteiger partial charge is 0.131 e. The molecule has 4 heteroatoms. The van der Waals surface area contributed by atoms with Crippen molar-refractivity contribution >= 4 is 34.2 Å². The number of alkyl halides is 2. The van der Waals surface area contributed by atoms with E-state index in [4.69, 9.17) is 21.1 Å². The van der Waals surface area contributed by atoms with Crippen LogP contribution >= 0.6 is 34.2 Å². The van der Waals surface area contributed by atoms with Gasteiger partial charge in [-0.25, -0.2) is 0 Å². The molecule has 0 aliphatic heterocycles. The Bertz CT molecular complexity index is 93.1. The van der Waals surface area contributed by atoms with E-state index in [-0.39, 0.29) is 5.56 Å². The third kappa shape index (κ3) is 9.03. The van der Waals surface area contributed by atoms with Crippen LogP contribution in [-0.2, 0) is 9.47 Å². The zero-order chi connectivity index (χ0) is 9.23. The van der Waals surface area contributed by atoms with Crippen molar-refractivity contribution < 1.29 is 9.47 Å². The van der Waals surface area contributed by atoms with E-state index in [1.54, 1.807) is 0 Å². The molecule has 0 N–H and O–H groups in total. The summed E-state index contributed by atoms with van der Waals surface area (Å²) in [6.07, 6.45) is 1.95. The summed E-state index contributed by atoms with van der Waals surface area (Å²) in [4.78, 5) is 0. The van der Waals surface area contributed by atoms with E-state index in [2.05, 4.69) is 22.6 Å². The van der Waals surface area contributed by atoms with Crippen LogP contribution in [0.5, 0.6) is 0 Å². The number of rotatable bonds is 8. The van der Waals surface area contributed by atoms with Gasteiger partial charge < -0.3 is 9.47 Å². The fourth-order valence-corrected chi connectivity index (χ4v) is 1.01. The fraction of sp³-hybridized carbons (Fsp3) is 1.00. The van der Waals surface area contributed by atoms with E-state index in [0.29, 0.717) is 13.2 Å². The van der Waals surface area contributed by atoms with Crippen molar-refractivity contribution in [3.63, 3.8) is 0 Å². The lowest BCUT2D eigenvalue weighted by Crippen LogP contribution is -2.10. The zero-order valence-corrected chi connectivity index (χ0v) is 10.3. The van der Waals surface area contributed by atoms with Gasteiger partial charge in [-0.3, -0.25) is 0 Å². The molecular weight excluding hydrogens is 290 g/mol. The Morgan fingerprint density at radius 1 is 1.33 bits per heavy atom. The van der Waals surface area contributed by atoms with Gasteiger partial charge >= 0.3 is 0 Å². The Kier molecular flexibility index (Phi) is 10.8. The lowest BCUT2D eigenvalue weighted by molar-refractivity contribution is 0.0344.